The average Bonchev–Trinajstić information content (AvgIpc) is 2.72. The molecule has 2 aromatic carbocycles. The molecule has 1 atom stereocenters. The Balaban J connectivity index is 2.23. The SMILES string of the molecule is CCCCNc1ccccc1C(=O)O[C@@H](C(=O)NC(=O)NC)c1ccccc1. The summed E-state index contributed by atoms with van der Waals surface area (Å²) in [5.74, 6) is -1.38. The fraction of sp³-hybridized carbons (Fsp3) is 0.286. The van der Waals surface area contributed by atoms with E-state index in [1.807, 2.05) is 6.07 Å². The second-order valence-corrected chi connectivity index (χ2v) is 6.09. The van der Waals surface area contributed by atoms with Crippen molar-refractivity contribution in [3.05, 3.63) is 65.7 Å². The number of hydrogen-bond acceptors (Lipinski definition) is 5. The van der Waals surface area contributed by atoms with Gasteiger partial charge in [-0.25, -0.2) is 9.59 Å². The molecule has 2 aromatic rings. The van der Waals surface area contributed by atoms with Gasteiger partial charge in [-0.2, -0.15) is 0 Å². The molecule has 2 rings (SSSR count). The Morgan fingerprint density at radius 2 is 1.68 bits per heavy atom. The first-order valence-corrected chi connectivity index (χ1v) is 9.18. The van der Waals surface area contributed by atoms with Crippen molar-refractivity contribution in [2.45, 2.75) is 25.9 Å². The second-order valence-electron chi connectivity index (χ2n) is 6.09. The molecular formula is C21H25N3O4. The van der Waals surface area contributed by atoms with E-state index in [-0.39, 0.29) is 0 Å². The van der Waals surface area contributed by atoms with Crippen LogP contribution in [0.25, 0.3) is 0 Å². The van der Waals surface area contributed by atoms with E-state index in [9.17, 15) is 14.4 Å². The number of anilines is 1. The number of carbonyl (C=O) groups is 3. The molecule has 0 heterocycles. The maximum absolute atomic E-state index is 12.8. The molecule has 7 nitrogen and oxygen atoms in total. The number of ether oxygens (including phenoxy) is 1. The van der Waals surface area contributed by atoms with E-state index < -0.39 is 24.0 Å². The number of nitrogens with one attached hydrogen (secondary N) is 3. The Hall–Kier alpha value is -3.35. The van der Waals surface area contributed by atoms with E-state index in [1.165, 1.54) is 7.05 Å². The second kappa shape index (κ2) is 10.7. The molecule has 148 valence electrons. The smallest absolute Gasteiger partial charge is 0.341 e. The van der Waals surface area contributed by atoms with Gasteiger partial charge in [0, 0.05) is 24.8 Å². The summed E-state index contributed by atoms with van der Waals surface area (Å²) in [6, 6.07) is 14.8. The highest BCUT2D eigenvalue weighted by Gasteiger charge is 2.27. The average molecular weight is 383 g/mol. The summed E-state index contributed by atoms with van der Waals surface area (Å²) >= 11 is 0. The van der Waals surface area contributed by atoms with Crippen LogP contribution in [0.1, 0.15) is 41.8 Å². The van der Waals surface area contributed by atoms with Crippen LogP contribution in [-0.2, 0) is 9.53 Å². The third kappa shape index (κ3) is 5.84. The summed E-state index contributed by atoms with van der Waals surface area (Å²) in [6.45, 7) is 2.80. The molecule has 0 fully saturated rings. The first-order chi connectivity index (χ1) is 13.6. The predicted molar refractivity (Wildman–Crippen MR) is 107 cm³/mol. The van der Waals surface area contributed by atoms with E-state index >= 15 is 0 Å². The number of unbranched alkanes of at least 4 members (excludes halogenated alkanes) is 1. The van der Waals surface area contributed by atoms with Crippen molar-refractivity contribution in [2.24, 2.45) is 0 Å². The first-order valence-electron chi connectivity index (χ1n) is 9.18. The van der Waals surface area contributed by atoms with Gasteiger partial charge in [-0.3, -0.25) is 10.1 Å². The number of benzene rings is 2. The van der Waals surface area contributed by atoms with Crippen molar-refractivity contribution in [3.63, 3.8) is 0 Å². The lowest BCUT2D eigenvalue weighted by atomic mass is 10.1. The fourth-order valence-electron chi connectivity index (χ4n) is 2.53. The summed E-state index contributed by atoms with van der Waals surface area (Å²) in [7, 11) is 1.39. The van der Waals surface area contributed by atoms with Crippen molar-refractivity contribution >= 4 is 23.6 Å². The molecule has 0 aliphatic carbocycles. The van der Waals surface area contributed by atoms with Gasteiger partial charge < -0.3 is 15.4 Å². The van der Waals surface area contributed by atoms with Crippen LogP contribution in [0.2, 0.25) is 0 Å². The zero-order chi connectivity index (χ0) is 20.4. The van der Waals surface area contributed by atoms with Gasteiger partial charge in [-0.05, 0) is 18.6 Å². The lowest BCUT2D eigenvalue weighted by Crippen LogP contribution is -2.41. The zero-order valence-electron chi connectivity index (χ0n) is 16.0. The van der Waals surface area contributed by atoms with E-state index in [0.717, 1.165) is 19.4 Å². The van der Waals surface area contributed by atoms with E-state index in [2.05, 4.69) is 22.9 Å². The van der Waals surface area contributed by atoms with Crippen molar-refractivity contribution in [1.29, 1.82) is 0 Å². The van der Waals surface area contributed by atoms with Crippen LogP contribution >= 0.6 is 0 Å². The van der Waals surface area contributed by atoms with E-state index in [1.54, 1.807) is 48.5 Å². The van der Waals surface area contributed by atoms with Gasteiger partial charge in [0.1, 0.15) is 0 Å². The van der Waals surface area contributed by atoms with Gasteiger partial charge in [0.15, 0.2) is 0 Å². The Morgan fingerprint density at radius 1 is 1.00 bits per heavy atom. The topological polar surface area (TPSA) is 96.5 Å². The van der Waals surface area contributed by atoms with Crippen LogP contribution in [0.3, 0.4) is 0 Å². The van der Waals surface area contributed by atoms with Gasteiger partial charge in [-0.15, -0.1) is 0 Å². The largest absolute Gasteiger partial charge is 0.444 e. The van der Waals surface area contributed by atoms with Gasteiger partial charge in [0.25, 0.3) is 5.91 Å². The molecule has 0 aliphatic rings. The fourth-order valence-corrected chi connectivity index (χ4v) is 2.53. The van der Waals surface area contributed by atoms with E-state index in [0.29, 0.717) is 16.8 Å². The minimum Gasteiger partial charge on any atom is -0.444 e. The van der Waals surface area contributed by atoms with Crippen LogP contribution in [0, 0.1) is 0 Å². The van der Waals surface area contributed by atoms with Crippen LogP contribution in [0.15, 0.2) is 54.6 Å². The van der Waals surface area contributed by atoms with Crippen molar-refractivity contribution in [3.8, 4) is 0 Å². The summed E-state index contributed by atoms with van der Waals surface area (Å²) < 4.78 is 5.51. The van der Waals surface area contributed by atoms with Gasteiger partial charge >= 0.3 is 12.0 Å². The number of amides is 3. The third-order valence-electron chi connectivity index (χ3n) is 4.02. The molecule has 28 heavy (non-hydrogen) atoms. The standard InChI is InChI=1S/C21H25N3O4/c1-3-4-14-23-17-13-9-8-12-16(17)20(26)28-18(15-10-6-5-7-11-15)19(25)24-21(27)22-2/h5-13,18,23H,3-4,14H2,1-2H3,(H2,22,24,25,27)/t18-/m1/s1. The summed E-state index contributed by atoms with van der Waals surface area (Å²) in [5, 5.41) is 7.68. The third-order valence-corrected chi connectivity index (χ3v) is 4.02. The first kappa shape index (κ1) is 21.0. The number of imide groups is 1. The van der Waals surface area contributed by atoms with Crippen LogP contribution in [-0.4, -0.2) is 31.5 Å². The van der Waals surface area contributed by atoms with Crippen LogP contribution < -0.4 is 16.0 Å². The number of para-hydroxylation sites is 1. The quantitative estimate of drug-likeness (QED) is 0.480. The number of rotatable bonds is 8. The molecule has 0 saturated heterocycles. The Bertz CT molecular complexity index is 808. The molecule has 0 saturated carbocycles. The maximum atomic E-state index is 12.8. The number of hydrogen-bond donors (Lipinski definition) is 3. The van der Waals surface area contributed by atoms with Crippen LogP contribution in [0.4, 0.5) is 10.5 Å². The molecule has 3 amide bonds. The van der Waals surface area contributed by atoms with Crippen LogP contribution in [0.5, 0.6) is 0 Å². The Morgan fingerprint density at radius 3 is 2.36 bits per heavy atom. The highest BCUT2D eigenvalue weighted by atomic mass is 16.5. The molecule has 0 aromatic heterocycles. The molecule has 0 radical (unpaired) electrons. The summed E-state index contributed by atoms with van der Waals surface area (Å²) in [6.07, 6.45) is 0.731. The molecule has 0 spiro atoms. The Labute approximate surface area is 164 Å². The number of urea groups is 1. The van der Waals surface area contributed by atoms with Crippen molar-refractivity contribution < 1.29 is 19.1 Å². The van der Waals surface area contributed by atoms with Crippen molar-refractivity contribution in [1.82, 2.24) is 10.6 Å². The lowest BCUT2D eigenvalue weighted by Gasteiger charge is -2.19. The molecule has 7 heteroatoms. The number of esters is 1. The zero-order valence-corrected chi connectivity index (χ0v) is 16.0. The van der Waals surface area contributed by atoms with Crippen molar-refractivity contribution in [2.75, 3.05) is 18.9 Å². The molecule has 0 bridgehead atoms. The monoisotopic (exact) mass is 383 g/mol. The Kier molecular flexibility index (Phi) is 8.02. The molecule has 0 unspecified atom stereocenters. The maximum Gasteiger partial charge on any atom is 0.341 e. The minimum atomic E-state index is -1.25. The van der Waals surface area contributed by atoms with E-state index in [4.69, 9.17) is 4.74 Å². The normalized spacial score (nSPS) is 11.2. The highest BCUT2D eigenvalue weighted by Crippen LogP contribution is 2.23. The molecule has 3 N–H and O–H groups in total. The van der Waals surface area contributed by atoms with Gasteiger partial charge in [0.2, 0.25) is 6.10 Å². The number of carbonyl (C=O) groups excluding carboxylic acids is 3. The minimum absolute atomic E-state index is 0.326. The molecule has 0 aliphatic heterocycles. The lowest BCUT2D eigenvalue weighted by molar-refractivity contribution is -0.129. The summed E-state index contributed by atoms with van der Waals surface area (Å²) in [4.78, 5) is 36.8. The van der Waals surface area contributed by atoms with Gasteiger partial charge in [0.05, 0.1) is 5.56 Å². The molecular weight excluding hydrogens is 358 g/mol. The highest BCUT2D eigenvalue weighted by molar-refractivity contribution is 6.00. The summed E-state index contributed by atoms with van der Waals surface area (Å²) in [5.41, 5.74) is 1.43. The predicted octanol–water partition coefficient (Wildman–Crippen LogP) is 3.25. The van der Waals surface area contributed by atoms with Gasteiger partial charge in [-0.1, -0.05) is 55.8 Å².